The molecule has 0 aliphatic rings. The minimum absolute atomic E-state index is 0.0508. The number of hydrogen-bond donors (Lipinski definition) is 0. The zero-order valence-electron chi connectivity index (χ0n) is 18.6. The van der Waals surface area contributed by atoms with Crippen LogP contribution in [0.1, 0.15) is 29.9 Å². The predicted molar refractivity (Wildman–Crippen MR) is 124 cm³/mol. The topological polar surface area (TPSA) is 63.7 Å². The highest BCUT2D eigenvalue weighted by molar-refractivity contribution is 7.87. The summed E-state index contributed by atoms with van der Waals surface area (Å²) in [5.41, 5.74) is -0.448. The number of carbonyl (C=O) groups is 1. The van der Waals surface area contributed by atoms with Gasteiger partial charge in [0.25, 0.3) is 0 Å². The summed E-state index contributed by atoms with van der Waals surface area (Å²) in [7, 11) is -4.49. The minimum Gasteiger partial charge on any atom is -0.379 e. The van der Waals surface area contributed by atoms with Gasteiger partial charge in [0.15, 0.2) is 0 Å². The summed E-state index contributed by atoms with van der Waals surface area (Å²) < 4.78 is 69.2. The maximum atomic E-state index is 13.0. The molecule has 0 aliphatic heterocycles. The lowest BCUT2D eigenvalue weighted by atomic mass is 10.1. The first-order valence-electron chi connectivity index (χ1n) is 10.4. The molecule has 0 radical (unpaired) electrons. The monoisotopic (exact) mass is 511 g/mol. The zero-order valence-corrected chi connectivity index (χ0v) is 20.2. The third kappa shape index (κ3) is 7.07. The molecular formula is C24H24F3NO4S2. The van der Waals surface area contributed by atoms with E-state index in [0.717, 1.165) is 23.1 Å². The molecule has 5 nitrogen and oxygen atoms in total. The van der Waals surface area contributed by atoms with Crippen LogP contribution in [0, 0.1) is 5.92 Å². The van der Waals surface area contributed by atoms with Crippen molar-refractivity contribution in [1.82, 2.24) is 4.90 Å². The van der Waals surface area contributed by atoms with Crippen LogP contribution < -0.4 is 4.18 Å². The number of carbonyl (C=O) groups excluding carboxylic acids is 1. The summed E-state index contributed by atoms with van der Waals surface area (Å²) in [6.07, 6.45) is -4.41. The van der Waals surface area contributed by atoms with Gasteiger partial charge in [-0.1, -0.05) is 38.1 Å². The Bertz CT molecular complexity index is 1220. The van der Waals surface area contributed by atoms with Gasteiger partial charge in [0.2, 0.25) is 5.91 Å². The normalized spacial score (nSPS) is 12.1. The number of amides is 1. The smallest absolute Gasteiger partial charge is 0.379 e. The van der Waals surface area contributed by atoms with Crippen molar-refractivity contribution in [3.8, 4) is 5.75 Å². The van der Waals surface area contributed by atoms with E-state index in [1.807, 2.05) is 31.4 Å². The molecule has 1 aromatic heterocycles. The molecule has 0 bridgehead atoms. The maximum absolute atomic E-state index is 13.0. The van der Waals surface area contributed by atoms with Crippen molar-refractivity contribution in [2.24, 2.45) is 5.92 Å². The minimum atomic E-state index is -4.68. The Kier molecular flexibility index (Phi) is 8.04. The first-order valence-corrected chi connectivity index (χ1v) is 12.7. The lowest BCUT2D eigenvalue weighted by molar-refractivity contribution is -0.137. The average molecular weight is 512 g/mol. The zero-order chi connectivity index (χ0) is 24.9. The van der Waals surface area contributed by atoms with Crippen LogP contribution >= 0.6 is 11.3 Å². The molecule has 3 aromatic rings. The Morgan fingerprint density at radius 1 is 1.06 bits per heavy atom. The van der Waals surface area contributed by atoms with Gasteiger partial charge < -0.3 is 9.08 Å². The third-order valence-corrected chi connectivity index (χ3v) is 6.89. The fourth-order valence-corrected chi connectivity index (χ4v) is 4.95. The van der Waals surface area contributed by atoms with Gasteiger partial charge in [-0.25, -0.2) is 0 Å². The van der Waals surface area contributed by atoms with Gasteiger partial charge in [-0.05, 0) is 53.3 Å². The van der Waals surface area contributed by atoms with Crippen LogP contribution in [0.2, 0.25) is 0 Å². The number of benzene rings is 2. The summed E-state index contributed by atoms with van der Waals surface area (Å²) in [6.45, 7) is 4.74. The number of hydrogen-bond acceptors (Lipinski definition) is 5. The molecule has 0 atom stereocenters. The predicted octanol–water partition coefficient (Wildman–Crippen LogP) is 5.76. The molecule has 10 heteroatoms. The second-order valence-corrected chi connectivity index (χ2v) is 10.7. The van der Waals surface area contributed by atoms with E-state index in [9.17, 15) is 26.4 Å². The first-order chi connectivity index (χ1) is 15.9. The summed E-state index contributed by atoms with van der Waals surface area (Å²) in [6, 6.07) is 13.3. The number of alkyl halides is 3. The highest BCUT2D eigenvalue weighted by Crippen LogP contribution is 2.31. The lowest BCUT2D eigenvalue weighted by Gasteiger charge is -2.25. The van der Waals surface area contributed by atoms with E-state index in [0.29, 0.717) is 18.2 Å². The molecular weight excluding hydrogens is 487 g/mol. The standard InChI is InChI=1S/C24H24F3NO4S2/c1-17(2)15-28(23(29)14-21-9-5-11-33-21)16-18-6-3-8-20(12-18)32-34(30,31)22-10-4-7-19(13-22)24(25,26)27/h3-13,17H,14-16H2,1-2H3. The molecule has 1 heterocycles. The molecule has 1 amide bonds. The van der Waals surface area contributed by atoms with Crippen LogP contribution in [0.5, 0.6) is 5.75 Å². The van der Waals surface area contributed by atoms with E-state index in [1.54, 1.807) is 17.0 Å². The molecule has 0 aliphatic carbocycles. The average Bonchev–Trinajstić information content (AvgIpc) is 3.25. The number of halogens is 3. The highest BCUT2D eigenvalue weighted by atomic mass is 32.2. The van der Waals surface area contributed by atoms with Gasteiger partial charge in [0.1, 0.15) is 10.6 Å². The van der Waals surface area contributed by atoms with E-state index in [4.69, 9.17) is 4.18 Å². The summed E-state index contributed by atoms with van der Waals surface area (Å²) in [5.74, 6) is 0.108. The molecule has 0 saturated heterocycles. The van der Waals surface area contributed by atoms with E-state index < -0.39 is 26.8 Å². The van der Waals surface area contributed by atoms with Crippen LogP contribution in [0.15, 0.2) is 70.9 Å². The quantitative estimate of drug-likeness (QED) is 0.343. The van der Waals surface area contributed by atoms with Gasteiger partial charge in [-0.15, -0.1) is 11.3 Å². The molecule has 3 rings (SSSR count). The molecule has 0 N–H and O–H groups in total. The first kappa shape index (κ1) is 25.8. The van der Waals surface area contributed by atoms with Crippen molar-refractivity contribution in [2.75, 3.05) is 6.54 Å². The van der Waals surface area contributed by atoms with Crippen molar-refractivity contribution in [1.29, 1.82) is 0 Å². The van der Waals surface area contributed by atoms with Crippen LogP contribution in [-0.2, 0) is 34.1 Å². The summed E-state index contributed by atoms with van der Waals surface area (Å²) in [4.78, 5) is 14.9. The van der Waals surface area contributed by atoms with Crippen molar-refractivity contribution in [3.63, 3.8) is 0 Å². The van der Waals surface area contributed by atoms with Gasteiger partial charge >= 0.3 is 16.3 Å². The van der Waals surface area contributed by atoms with Gasteiger partial charge in [0.05, 0.1) is 12.0 Å². The molecule has 182 valence electrons. The van der Waals surface area contributed by atoms with Crippen LogP contribution in [0.25, 0.3) is 0 Å². The van der Waals surface area contributed by atoms with Crippen LogP contribution in [-0.4, -0.2) is 25.8 Å². The van der Waals surface area contributed by atoms with E-state index in [-0.39, 0.29) is 30.5 Å². The van der Waals surface area contributed by atoms with E-state index in [1.165, 1.54) is 23.5 Å². The summed E-state index contributed by atoms with van der Waals surface area (Å²) in [5, 5.41) is 1.90. The lowest BCUT2D eigenvalue weighted by Crippen LogP contribution is -2.34. The van der Waals surface area contributed by atoms with Gasteiger partial charge in [-0.2, -0.15) is 21.6 Å². The highest BCUT2D eigenvalue weighted by Gasteiger charge is 2.32. The second-order valence-electron chi connectivity index (χ2n) is 8.13. The van der Waals surface area contributed by atoms with Gasteiger partial charge in [0, 0.05) is 18.0 Å². The summed E-state index contributed by atoms with van der Waals surface area (Å²) >= 11 is 1.50. The molecule has 34 heavy (non-hydrogen) atoms. The number of thiophene rings is 1. The maximum Gasteiger partial charge on any atom is 0.416 e. The SMILES string of the molecule is CC(C)CN(Cc1cccc(OS(=O)(=O)c2cccc(C(F)(F)F)c2)c1)C(=O)Cc1cccs1. The Morgan fingerprint density at radius 2 is 1.79 bits per heavy atom. The molecule has 0 saturated carbocycles. The third-order valence-electron chi connectivity index (χ3n) is 4.77. The molecule has 0 spiro atoms. The Morgan fingerprint density at radius 3 is 2.44 bits per heavy atom. The fourth-order valence-electron chi connectivity index (χ4n) is 3.29. The molecule has 0 fully saturated rings. The van der Waals surface area contributed by atoms with E-state index in [2.05, 4.69) is 0 Å². The Labute approximate surface area is 200 Å². The van der Waals surface area contributed by atoms with E-state index >= 15 is 0 Å². The van der Waals surface area contributed by atoms with Crippen LogP contribution in [0.4, 0.5) is 13.2 Å². The molecule has 2 aromatic carbocycles. The number of nitrogens with zero attached hydrogens (tertiary/aromatic N) is 1. The van der Waals surface area contributed by atoms with Crippen molar-refractivity contribution < 1.29 is 30.6 Å². The van der Waals surface area contributed by atoms with Gasteiger partial charge in [-0.3, -0.25) is 4.79 Å². The Hall–Kier alpha value is -2.85. The van der Waals surface area contributed by atoms with Crippen molar-refractivity contribution >= 4 is 27.4 Å². The Balaban J connectivity index is 1.78. The van der Waals surface area contributed by atoms with Crippen molar-refractivity contribution in [2.45, 2.75) is 37.9 Å². The largest absolute Gasteiger partial charge is 0.416 e. The molecule has 0 unspecified atom stereocenters. The van der Waals surface area contributed by atoms with Crippen LogP contribution in [0.3, 0.4) is 0 Å². The fraction of sp³-hybridized carbons (Fsp3) is 0.292. The second kappa shape index (κ2) is 10.6. The van der Waals surface area contributed by atoms with Crippen molar-refractivity contribution in [3.05, 3.63) is 82.0 Å². The number of rotatable bonds is 9.